The number of nitrogens with zero attached hydrogens (tertiary/aromatic N) is 4. The number of ether oxygens (including phenoxy) is 1. The summed E-state index contributed by atoms with van der Waals surface area (Å²) in [6.07, 6.45) is 9.80. The molecule has 0 unspecified atom stereocenters. The van der Waals surface area contributed by atoms with Gasteiger partial charge < -0.3 is 19.4 Å². The van der Waals surface area contributed by atoms with Crippen molar-refractivity contribution < 1.29 is 18.8 Å². The van der Waals surface area contributed by atoms with Crippen LogP contribution < -0.4 is 5.32 Å². The number of imidazole rings is 1. The molecule has 1 N–H and O–H groups in total. The molecular formula is C21H30BN5O4. The molecule has 0 spiro atoms. The summed E-state index contributed by atoms with van der Waals surface area (Å²) in [5.74, 6) is 0.513. The standard InChI is InChI=1S/C21H30BN5O4/c1-19(2,3)29-18(28)26-13-16(22-30-20(4,5)21(6,7)31-22)10-15-11-24-17(25-12-15)27-9-8-23-14-27/h8-12,14H,13H2,1-7H3,(H,26,28). The lowest BCUT2D eigenvalue weighted by Gasteiger charge is -2.32. The Morgan fingerprint density at radius 2 is 1.81 bits per heavy atom. The van der Waals surface area contributed by atoms with E-state index in [9.17, 15) is 4.79 Å². The molecule has 0 aromatic carbocycles. The second kappa shape index (κ2) is 8.43. The maximum atomic E-state index is 12.2. The van der Waals surface area contributed by atoms with E-state index in [-0.39, 0.29) is 6.54 Å². The van der Waals surface area contributed by atoms with Crippen molar-refractivity contribution in [3.63, 3.8) is 0 Å². The second-order valence-corrected chi connectivity index (χ2v) is 9.45. The van der Waals surface area contributed by atoms with Gasteiger partial charge in [-0.2, -0.15) is 0 Å². The summed E-state index contributed by atoms with van der Waals surface area (Å²) in [6.45, 7) is 13.6. The molecule has 10 heteroatoms. The van der Waals surface area contributed by atoms with Gasteiger partial charge in [0.2, 0.25) is 5.95 Å². The van der Waals surface area contributed by atoms with E-state index in [2.05, 4.69) is 20.3 Å². The minimum Gasteiger partial charge on any atom is -0.444 e. The minimum absolute atomic E-state index is 0.189. The van der Waals surface area contributed by atoms with Crippen LogP contribution in [0.4, 0.5) is 4.79 Å². The Bertz CT molecular complexity index is 918. The lowest BCUT2D eigenvalue weighted by molar-refractivity contribution is 0.00578. The molecule has 0 atom stereocenters. The van der Waals surface area contributed by atoms with Gasteiger partial charge in [0.05, 0.1) is 11.2 Å². The average Bonchev–Trinajstić information content (AvgIpc) is 3.24. The van der Waals surface area contributed by atoms with Gasteiger partial charge in [0.15, 0.2) is 0 Å². The van der Waals surface area contributed by atoms with Crippen LogP contribution in [0.25, 0.3) is 12.0 Å². The molecule has 0 bridgehead atoms. The molecule has 1 aliphatic heterocycles. The summed E-state index contributed by atoms with van der Waals surface area (Å²) in [4.78, 5) is 24.9. The fourth-order valence-electron chi connectivity index (χ4n) is 2.82. The molecule has 0 aliphatic carbocycles. The number of rotatable bonds is 5. The molecule has 0 saturated carbocycles. The van der Waals surface area contributed by atoms with Gasteiger partial charge in [0.1, 0.15) is 11.9 Å². The molecule has 0 radical (unpaired) electrons. The van der Waals surface area contributed by atoms with E-state index in [4.69, 9.17) is 14.0 Å². The number of amides is 1. The molecule has 1 amide bonds. The smallest absolute Gasteiger partial charge is 0.444 e. The van der Waals surface area contributed by atoms with Crippen LogP contribution in [0.5, 0.6) is 0 Å². The first-order valence-electron chi connectivity index (χ1n) is 10.2. The SMILES string of the molecule is CC(C)(C)OC(=O)NCC(=Cc1cnc(-n2ccnc2)nc1)B1OC(C)(C)C(C)(C)O1. The number of hydrogen-bond acceptors (Lipinski definition) is 7. The normalized spacial score (nSPS) is 18.2. The third-order valence-corrected chi connectivity index (χ3v) is 5.14. The summed E-state index contributed by atoms with van der Waals surface area (Å²) in [5, 5.41) is 2.78. The third kappa shape index (κ3) is 5.71. The molecule has 31 heavy (non-hydrogen) atoms. The Balaban J connectivity index is 1.82. The average molecular weight is 427 g/mol. The van der Waals surface area contributed by atoms with Crippen LogP contribution in [-0.2, 0) is 14.0 Å². The molecule has 9 nitrogen and oxygen atoms in total. The van der Waals surface area contributed by atoms with Gasteiger partial charge in [-0.3, -0.25) is 4.57 Å². The number of aromatic nitrogens is 4. The van der Waals surface area contributed by atoms with E-state index in [0.717, 1.165) is 11.0 Å². The summed E-state index contributed by atoms with van der Waals surface area (Å²) < 4.78 is 19.4. The van der Waals surface area contributed by atoms with Crippen LogP contribution in [0.15, 0.2) is 36.6 Å². The Labute approximate surface area is 183 Å². The fourth-order valence-corrected chi connectivity index (χ4v) is 2.82. The monoisotopic (exact) mass is 427 g/mol. The highest BCUT2D eigenvalue weighted by atomic mass is 16.7. The number of carbonyl (C=O) groups excluding carboxylic acids is 1. The Hall–Kier alpha value is -2.72. The first-order chi connectivity index (χ1) is 14.4. The highest BCUT2D eigenvalue weighted by Crippen LogP contribution is 2.38. The number of hydrogen-bond donors (Lipinski definition) is 1. The van der Waals surface area contributed by atoms with Crippen molar-refractivity contribution in [2.75, 3.05) is 6.54 Å². The fraction of sp³-hybridized carbons (Fsp3) is 0.524. The van der Waals surface area contributed by atoms with Gasteiger partial charge in [-0.25, -0.2) is 19.7 Å². The predicted molar refractivity (Wildman–Crippen MR) is 117 cm³/mol. The van der Waals surface area contributed by atoms with E-state index in [1.54, 1.807) is 35.7 Å². The molecule has 166 valence electrons. The number of nitrogens with one attached hydrogen (secondary N) is 1. The lowest BCUT2D eigenvalue weighted by atomic mass is 9.77. The molecular weight excluding hydrogens is 397 g/mol. The van der Waals surface area contributed by atoms with Gasteiger partial charge in [-0.1, -0.05) is 6.08 Å². The number of alkyl carbamates (subject to hydrolysis) is 1. The van der Waals surface area contributed by atoms with Gasteiger partial charge in [-0.05, 0) is 53.9 Å². The van der Waals surface area contributed by atoms with Crippen molar-refractivity contribution in [1.29, 1.82) is 0 Å². The van der Waals surface area contributed by atoms with Crippen LogP contribution in [0, 0.1) is 0 Å². The quantitative estimate of drug-likeness (QED) is 0.732. The molecule has 2 aromatic rings. The van der Waals surface area contributed by atoms with Crippen LogP contribution in [0.2, 0.25) is 0 Å². The van der Waals surface area contributed by atoms with E-state index in [0.29, 0.717) is 5.95 Å². The maximum Gasteiger partial charge on any atom is 0.492 e. The van der Waals surface area contributed by atoms with Crippen LogP contribution in [0.1, 0.15) is 54.0 Å². The second-order valence-electron chi connectivity index (χ2n) is 9.45. The Morgan fingerprint density at radius 1 is 1.19 bits per heavy atom. The highest BCUT2D eigenvalue weighted by molar-refractivity contribution is 6.56. The topological polar surface area (TPSA) is 100 Å². The maximum absolute atomic E-state index is 12.2. The van der Waals surface area contributed by atoms with Gasteiger partial charge in [0, 0.05) is 36.9 Å². The first kappa shape index (κ1) is 23.0. The lowest BCUT2D eigenvalue weighted by Crippen LogP contribution is -2.41. The van der Waals surface area contributed by atoms with Crippen LogP contribution in [-0.4, -0.2) is 56.1 Å². The van der Waals surface area contributed by atoms with Crippen molar-refractivity contribution in [3.05, 3.63) is 42.2 Å². The first-order valence-corrected chi connectivity index (χ1v) is 10.2. The predicted octanol–water partition coefficient (Wildman–Crippen LogP) is 3.20. The van der Waals surface area contributed by atoms with Crippen LogP contribution >= 0.6 is 0 Å². The molecule has 1 fully saturated rings. The van der Waals surface area contributed by atoms with Crippen molar-refractivity contribution in [2.45, 2.75) is 65.3 Å². The van der Waals surface area contributed by atoms with Gasteiger partial charge in [0.25, 0.3) is 0 Å². The van der Waals surface area contributed by atoms with Crippen LogP contribution in [0.3, 0.4) is 0 Å². The van der Waals surface area contributed by atoms with Crippen molar-refractivity contribution in [1.82, 2.24) is 24.8 Å². The summed E-state index contributed by atoms with van der Waals surface area (Å²) in [6, 6.07) is 0. The Kier molecular flexibility index (Phi) is 6.24. The van der Waals surface area contributed by atoms with Crippen molar-refractivity contribution in [2.24, 2.45) is 0 Å². The molecule has 1 saturated heterocycles. The van der Waals surface area contributed by atoms with E-state index < -0.39 is 30.0 Å². The Morgan fingerprint density at radius 3 is 2.32 bits per heavy atom. The van der Waals surface area contributed by atoms with E-state index in [1.165, 1.54) is 0 Å². The molecule has 3 heterocycles. The number of carbonyl (C=O) groups is 1. The minimum atomic E-state index is -0.631. The van der Waals surface area contributed by atoms with E-state index in [1.807, 2.05) is 54.5 Å². The largest absolute Gasteiger partial charge is 0.492 e. The highest BCUT2D eigenvalue weighted by Gasteiger charge is 2.52. The van der Waals surface area contributed by atoms with Gasteiger partial charge in [-0.15, -0.1) is 0 Å². The molecule has 3 rings (SSSR count). The van der Waals surface area contributed by atoms with Crippen molar-refractivity contribution >= 4 is 19.3 Å². The zero-order chi connectivity index (χ0) is 22.9. The van der Waals surface area contributed by atoms with Crippen molar-refractivity contribution in [3.8, 4) is 5.95 Å². The molecule has 2 aromatic heterocycles. The molecule has 1 aliphatic rings. The zero-order valence-corrected chi connectivity index (χ0v) is 19.2. The summed E-state index contributed by atoms with van der Waals surface area (Å²) >= 11 is 0. The summed E-state index contributed by atoms with van der Waals surface area (Å²) in [7, 11) is -0.631. The summed E-state index contributed by atoms with van der Waals surface area (Å²) in [5.41, 5.74) is -0.132. The zero-order valence-electron chi connectivity index (χ0n) is 19.2. The van der Waals surface area contributed by atoms with Gasteiger partial charge >= 0.3 is 13.2 Å². The van der Waals surface area contributed by atoms with E-state index >= 15 is 0 Å². The third-order valence-electron chi connectivity index (χ3n) is 5.14.